The molecular weight excluding hydrogens is 390 g/mol. The summed E-state index contributed by atoms with van der Waals surface area (Å²) in [5.41, 5.74) is -0.235. The van der Waals surface area contributed by atoms with Crippen molar-refractivity contribution < 1.29 is 13.3 Å². The topological polar surface area (TPSA) is 120 Å². The van der Waals surface area contributed by atoms with Crippen molar-refractivity contribution in [3.05, 3.63) is 37.9 Å². The van der Waals surface area contributed by atoms with Crippen LogP contribution in [0.25, 0.3) is 0 Å². The van der Waals surface area contributed by atoms with Gasteiger partial charge < -0.3 is 0 Å². The Kier molecular flexibility index (Phi) is 4.16. The summed E-state index contributed by atoms with van der Waals surface area (Å²) < 4.78 is 27.8. The SMILES string of the molecule is Cn1nnc(Br)c1S(=O)(=O)Nc1ccc([N+](=O)[O-])c(Cl)c1. The lowest BCUT2D eigenvalue weighted by molar-refractivity contribution is -0.384. The van der Waals surface area contributed by atoms with E-state index in [0.717, 1.165) is 16.8 Å². The van der Waals surface area contributed by atoms with Crippen LogP contribution in [0, 0.1) is 10.1 Å². The maximum absolute atomic E-state index is 12.2. The Morgan fingerprint density at radius 3 is 2.62 bits per heavy atom. The number of aromatic nitrogens is 3. The molecule has 0 aliphatic carbocycles. The van der Waals surface area contributed by atoms with E-state index in [2.05, 4.69) is 31.0 Å². The van der Waals surface area contributed by atoms with Crippen LogP contribution >= 0.6 is 27.5 Å². The number of aryl methyl sites for hydroxylation is 1. The highest BCUT2D eigenvalue weighted by Crippen LogP contribution is 2.29. The number of sulfonamides is 1. The van der Waals surface area contributed by atoms with Crippen LogP contribution in [-0.2, 0) is 17.1 Å². The monoisotopic (exact) mass is 395 g/mol. The third kappa shape index (κ3) is 3.14. The van der Waals surface area contributed by atoms with Gasteiger partial charge in [0.25, 0.3) is 15.7 Å². The number of nitrogens with zero attached hydrogens (tertiary/aromatic N) is 4. The Labute approximate surface area is 132 Å². The fraction of sp³-hybridized carbons (Fsp3) is 0.111. The molecule has 21 heavy (non-hydrogen) atoms. The second-order valence-electron chi connectivity index (χ2n) is 3.84. The Balaban J connectivity index is 2.38. The Morgan fingerprint density at radius 1 is 1.48 bits per heavy atom. The molecule has 1 N–H and O–H groups in total. The second kappa shape index (κ2) is 5.58. The van der Waals surface area contributed by atoms with Crippen molar-refractivity contribution in [3.63, 3.8) is 0 Å². The number of nitro groups is 1. The number of benzene rings is 1. The zero-order valence-corrected chi connectivity index (χ0v) is 13.5. The average molecular weight is 397 g/mol. The molecule has 2 rings (SSSR count). The number of hydrogen-bond acceptors (Lipinski definition) is 6. The predicted octanol–water partition coefficient (Wildman–Crippen LogP) is 1.94. The van der Waals surface area contributed by atoms with Gasteiger partial charge in [-0.3, -0.25) is 14.8 Å². The fourth-order valence-electron chi connectivity index (χ4n) is 1.53. The summed E-state index contributed by atoms with van der Waals surface area (Å²) >= 11 is 8.71. The minimum absolute atomic E-state index is 0.0468. The molecule has 1 aromatic heterocycles. The standard InChI is InChI=1S/C9H7BrClN5O4S/c1-15-9(8(10)12-14-15)21(19,20)13-5-2-3-7(16(17)18)6(11)4-5/h2-4,13H,1H3. The Morgan fingerprint density at radius 2 is 2.14 bits per heavy atom. The van der Waals surface area contributed by atoms with E-state index >= 15 is 0 Å². The van der Waals surface area contributed by atoms with Gasteiger partial charge in [-0.15, -0.1) is 5.10 Å². The van der Waals surface area contributed by atoms with Crippen LogP contribution in [0.1, 0.15) is 0 Å². The number of hydrogen-bond donors (Lipinski definition) is 1. The number of nitrogens with one attached hydrogen (secondary N) is 1. The first-order valence-electron chi connectivity index (χ1n) is 5.24. The molecule has 0 spiro atoms. The number of nitro benzene ring substituents is 1. The molecular formula is C9H7BrClN5O4S. The predicted molar refractivity (Wildman–Crippen MR) is 77.6 cm³/mol. The third-order valence-corrected chi connectivity index (χ3v) is 4.96. The first kappa shape index (κ1) is 15.7. The highest BCUT2D eigenvalue weighted by atomic mass is 79.9. The van der Waals surface area contributed by atoms with E-state index in [1.165, 1.54) is 13.1 Å². The summed E-state index contributed by atoms with van der Waals surface area (Å²) in [6, 6.07) is 3.49. The molecule has 0 aliphatic rings. The molecule has 0 radical (unpaired) electrons. The van der Waals surface area contributed by atoms with Crippen molar-refractivity contribution in [2.24, 2.45) is 7.05 Å². The van der Waals surface area contributed by atoms with Crippen molar-refractivity contribution in [3.8, 4) is 0 Å². The highest BCUT2D eigenvalue weighted by molar-refractivity contribution is 9.10. The summed E-state index contributed by atoms with van der Waals surface area (Å²) in [6.07, 6.45) is 0. The van der Waals surface area contributed by atoms with Gasteiger partial charge in [-0.25, -0.2) is 4.68 Å². The van der Waals surface area contributed by atoms with Crippen LogP contribution in [-0.4, -0.2) is 28.3 Å². The molecule has 0 atom stereocenters. The van der Waals surface area contributed by atoms with E-state index in [1.54, 1.807) is 0 Å². The van der Waals surface area contributed by atoms with E-state index in [-0.39, 0.29) is 26.0 Å². The van der Waals surface area contributed by atoms with Crippen molar-refractivity contribution in [1.82, 2.24) is 15.0 Å². The van der Waals surface area contributed by atoms with Gasteiger partial charge in [-0.1, -0.05) is 16.8 Å². The van der Waals surface area contributed by atoms with Crippen LogP contribution in [0.2, 0.25) is 5.02 Å². The first-order chi connectivity index (χ1) is 9.72. The van der Waals surface area contributed by atoms with Gasteiger partial charge in [-0.05, 0) is 28.1 Å². The quantitative estimate of drug-likeness (QED) is 0.623. The minimum atomic E-state index is -3.97. The number of halogens is 2. The van der Waals surface area contributed by atoms with Crippen LogP contribution < -0.4 is 4.72 Å². The number of rotatable bonds is 4. The fourth-order valence-corrected chi connectivity index (χ4v) is 3.93. The van der Waals surface area contributed by atoms with Crippen molar-refractivity contribution in [2.45, 2.75) is 5.03 Å². The van der Waals surface area contributed by atoms with Gasteiger partial charge in [0.05, 0.1) is 10.6 Å². The lowest BCUT2D eigenvalue weighted by atomic mass is 10.3. The van der Waals surface area contributed by atoms with E-state index in [9.17, 15) is 18.5 Å². The second-order valence-corrected chi connectivity index (χ2v) is 6.59. The molecule has 1 aromatic carbocycles. The van der Waals surface area contributed by atoms with Gasteiger partial charge >= 0.3 is 0 Å². The van der Waals surface area contributed by atoms with Gasteiger partial charge in [0.2, 0.25) is 5.03 Å². The zero-order valence-electron chi connectivity index (χ0n) is 10.3. The zero-order chi connectivity index (χ0) is 15.8. The van der Waals surface area contributed by atoms with E-state index in [1.807, 2.05) is 0 Å². The van der Waals surface area contributed by atoms with E-state index < -0.39 is 14.9 Å². The summed E-state index contributed by atoms with van der Waals surface area (Å²) in [5.74, 6) is 0. The smallest absolute Gasteiger partial charge is 0.278 e. The largest absolute Gasteiger partial charge is 0.288 e. The average Bonchev–Trinajstić information content (AvgIpc) is 2.68. The van der Waals surface area contributed by atoms with Crippen molar-refractivity contribution in [1.29, 1.82) is 0 Å². The Bertz CT molecular complexity index is 802. The normalized spacial score (nSPS) is 11.4. The van der Waals surface area contributed by atoms with E-state index in [4.69, 9.17) is 11.6 Å². The number of anilines is 1. The maximum Gasteiger partial charge on any atom is 0.288 e. The highest BCUT2D eigenvalue weighted by Gasteiger charge is 2.24. The van der Waals surface area contributed by atoms with Crippen LogP contribution in [0.5, 0.6) is 0 Å². The Hall–Kier alpha value is -1.72. The summed E-state index contributed by atoms with van der Waals surface area (Å²) in [6.45, 7) is 0. The molecule has 0 amide bonds. The first-order valence-corrected chi connectivity index (χ1v) is 7.89. The molecule has 0 saturated carbocycles. The van der Waals surface area contributed by atoms with Gasteiger partial charge in [0.1, 0.15) is 5.02 Å². The molecule has 0 aliphatic heterocycles. The lowest BCUT2D eigenvalue weighted by Gasteiger charge is -2.08. The molecule has 0 fully saturated rings. The molecule has 112 valence electrons. The van der Waals surface area contributed by atoms with Crippen LogP contribution in [0.3, 0.4) is 0 Å². The molecule has 2 aromatic rings. The van der Waals surface area contributed by atoms with Crippen LogP contribution in [0.15, 0.2) is 27.8 Å². The molecule has 0 bridgehead atoms. The van der Waals surface area contributed by atoms with Gasteiger partial charge in [0, 0.05) is 13.1 Å². The molecule has 9 nitrogen and oxygen atoms in total. The molecule has 1 heterocycles. The van der Waals surface area contributed by atoms with Crippen molar-refractivity contribution in [2.75, 3.05) is 4.72 Å². The summed E-state index contributed by atoms with van der Waals surface area (Å²) in [5, 5.41) is 17.4. The summed E-state index contributed by atoms with van der Waals surface area (Å²) in [7, 11) is -2.56. The van der Waals surface area contributed by atoms with Gasteiger partial charge in [-0.2, -0.15) is 8.42 Å². The van der Waals surface area contributed by atoms with Gasteiger partial charge in [0.15, 0.2) is 4.60 Å². The molecule has 0 unspecified atom stereocenters. The molecule has 0 saturated heterocycles. The van der Waals surface area contributed by atoms with Crippen LogP contribution in [0.4, 0.5) is 11.4 Å². The third-order valence-electron chi connectivity index (χ3n) is 2.39. The minimum Gasteiger partial charge on any atom is -0.278 e. The molecule has 12 heteroatoms. The maximum atomic E-state index is 12.2. The summed E-state index contributed by atoms with van der Waals surface area (Å²) in [4.78, 5) is 9.99. The van der Waals surface area contributed by atoms with E-state index in [0.29, 0.717) is 0 Å². The lowest BCUT2D eigenvalue weighted by Crippen LogP contribution is -2.17. The van der Waals surface area contributed by atoms with Crippen molar-refractivity contribution >= 4 is 48.9 Å².